The number of hydrogen-bond acceptors (Lipinski definition) is 1. The van der Waals surface area contributed by atoms with Crippen LogP contribution in [-0.4, -0.2) is 13.1 Å². The van der Waals surface area contributed by atoms with Gasteiger partial charge in [-0.2, -0.15) is 0 Å². The molecule has 20 heavy (non-hydrogen) atoms. The van der Waals surface area contributed by atoms with Gasteiger partial charge in [0.2, 0.25) is 0 Å². The van der Waals surface area contributed by atoms with Crippen LogP contribution in [0, 0.1) is 17.0 Å². The third-order valence-corrected chi connectivity index (χ3v) is 3.92. The average Bonchev–Trinajstić information content (AvgIpc) is 2.37. The molecule has 1 aromatic rings. The number of nitrogens with one attached hydrogen (secondary N) is 1. The molecule has 0 aliphatic rings. The number of rotatable bonds is 8. The van der Waals surface area contributed by atoms with Crippen LogP contribution < -0.4 is 5.32 Å². The quantitative estimate of drug-likeness (QED) is 0.528. The molecule has 1 nitrogen and oxygen atoms in total. The Balaban J connectivity index is 2.51. The first-order valence-corrected chi connectivity index (χ1v) is 7.57. The van der Waals surface area contributed by atoms with E-state index >= 15 is 0 Å². The Morgan fingerprint density at radius 1 is 1.10 bits per heavy atom. The van der Waals surface area contributed by atoms with E-state index in [0.717, 1.165) is 38.4 Å². The van der Waals surface area contributed by atoms with Crippen LogP contribution >= 0.6 is 11.6 Å². The van der Waals surface area contributed by atoms with E-state index in [-0.39, 0.29) is 5.41 Å². The van der Waals surface area contributed by atoms with Crippen LogP contribution in [0.25, 0.3) is 0 Å². The Morgan fingerprint density at radius 3 is 2.40 bits per heavy atom. The first-order valence-electron chi connectivity index (χ1n) is 7.20. The van der Waals surface area contributed by atoms with Crippen LogP contribution in [0.5, 0.6) is 0 Å². The van der Waals surface area contributed by atoms with E-state index in [1.54, 1.807) is 0 Å². The van der Waals surface area contributed by atoms with Crippen LogP contribution in [0.3, 0.4) is 0 Å². The van der Waals surface area contributed by atoms with Crippen LogP contribution in [0.15, 0.2) is 12.1 Å². The monoisotopic (exact) mass is 303 g/mol. The molecule has 0 radical (unpaired) electrons. The minimum atomic E-state index is -0.887. The van der Waals surface area contributed by atoms with E-state index in [9.17, 15) is 8.78 Å². The zero-order valence-corrected chi connectivity index (χ0v) is 13.3. The third-order valence-electron chi connectivity index (χ3n) is 3.57. The summed E-state index contributed by atoms with van der Waals surface area (Å²) in [5, 5.41) is 3.69. The van der Waals surface area contributed by atoms with Crippen molar-refractivity contribution in [2.24, 2.45) is 5.41 Å². The number of hydrogen-bond donors (Lipinski definition) is 1. The van der Waals surface area contributed by atoms with Crippen molar-refractivity contribution in [2.75, 3.05) is 13.1 Å². The van der Waals surface area contributed by atoms with Gasteiger partial charge in [0.05, 0.1) is 0 Å². The highest BCUT2D eigenvalue weighted by Gasteiger charge is 2.18. The van der Waals surface area contributed by atoms with Crippen molar-refractivity contribution in [1.29, 1.82) is 0 Å². The standard InChI is InChI=1S/C16H24ClF2N/c1-4-8-20-9-7-16(2,3)6-5-12-10-14(18)15(19)11-13(12)17/h10-11,20H,4-9H2,1-3H3. The number of aryl methyl sites for hydroxylation is 1. The lowest BCUT2D eigenvalue weighted by atomic mass is 9.83. The van der Waals surface area contributed by atoms with Gasteiger partial charge in [-0.15, -0.1) is 0 Å². The fraction of sp³-hybridized carbons (Fsp3) is 0.625. The number of benzene rings is 1. The molecule has 0 aliphatic heterocycles. The summed E-state index contributed by atoms with van der Waals surface area (Å²) < 4.78 is 26.2. The highest BCUT2D eigenvalue weighted by Crippen LogP contribution is 2.29. The molecule has 4 heteroatoms. The highest BCUT2D eigenvalue weighted by atomic mass is 35.5. The first-order chi connectivity index (χ1) is 9.35. The van der Waals surface area contributed by atoms with Crippen LogP contribution in [0.1, 0.15) is 45.6 Å². The van der Waals surface area contributed by atoms with Gasteiger partial charge >= 0.3 is 0 Å². The maximum absolute atomic E-state index is 13.2. The predicted molar refractivity (Wildman–Crippen MR) is 81.2 cm³/mol. The summed E-state index contributed by atoms with van der Waals surface area (Å²) in [5.74, 6) is -1.71. The second kappa shape index (κ2) is 7.94. The Kier molecular flexibility index (Phi) is 6.90. The fourth-order valence-corrected chi connectivity index (χ4v) is 2.33. The molecule has 1 N–H and O–H groups in total. The molecule has 0 saturated heterocycles. The Morgan fingerprint density at radius 2 is 1.75 bits per heavy atom. The molecule has 1 aromatic carbocycles. The molecule has 0 bridgehead atoms. The molecule has 0 aliphatic carbocycles. The number of halogens is 3. The summed E-state index contributed by atoms with van der Waals surface area (Å²) in [6.07, 6.45) is 3.74. The van der Waals surface area contributed by atoms with Gasteiger partial charge < -0.3 is 5.32 Å². The smallest absolute Gasteiger partial charge is 0.160 e. The molecule has 1 rings (SSSR count). The van der Waals surface area contributed by atoms with Crippen molar-refractivity contribution in [2.45, 2.75) is 46.5 Å². The minimum Gasteiger partial charge on any atom is -0.317 e. The van der Waals surface area contributed by atoms with Crippen molar-refractivity contribution in [1.82, 2.24) is 5.32 Å². The molecule has 0 aromatic heterocycles. The van der Waals surface area contributed by atoms with Crippen molar-refractivity contribution in [3.05, 3.63) is 34.4 Å². The van der Waals surface area contributed by atoms with Gasteiger partial charge in [0.1, 0.15) is 0 Å². The fourth-order valence-electron chi connectivity index (χ4n) is 2.08. The lowest BCUT2D eigenvalue weighted by Gasteiger charge is -2.25. The Bertz CT molecular complexity index is 433. The lowest BCUT2D eigenvalue weighted by Crippen LogP contribution is -2.23. The first kappa shape index (κ1) is 17.4. The summed E-state index contributed by atoms with van der Waals surface area (Å²) in [5.41, 5.74) is 0.828. The molecule has 0 fully saturated rings. The average molecular weight is 304 g/mol. The predicted octanol–water partition coefficient (Wildman–Crippen LogP) is 4.97. The Labute approximate surface area is 125 Å². The van der Waals surface area contributed by atoms with E-state index in [1.807, 2.05) is 0 Å². The maximum atomic E-state index is 13.2. The molecule has 0 atom stereocenters. The summed E-state index contributed by atoms with van der Waals surface area (Å²) in [6, 6.07) is 2.27. The maximum Gasteiger partial charge on any atom is 0.160 e. The third kappa shape index (κ3) is 5.76. The topological polar surface area (TPSA) is 12.0 Å². The van der Waals surface area contributed by atoms with Crippen LogP contribution in [0.4, 0.5) is 8.78 Å². The van der Waals surface area contributed by atoms with Gasteiger partial charge in [-0.25, -0.2) is 8.78 Å². The summed E-state index contributed by atoms with van der Waals surface area (Å²) in [4.78, 5) is 0. The van der Waals surface area contributed by atoms with Crippen molar-refractivity contribution >= 4 is 11.6 Å². The summed E-state index contributed by atoms with van der Waals surface area (Å²) in [7, 11) is 0. The molecule has 0 spiro atoms. The zero-order valence-electron chi connectivity index (χ0n) is 12.5. The second-order valence-corrected chi connectivity index (χ2v) is 6.43. The summed E-state index contributed by atoms with van der Waals surface area (Å²) >= 11 is 5.96. The van der Waals surface area contributed by atoms with E-state index in [1.165, 1.54) is 6.07 Å². The lowest BCUT2D eigenvalue weighted by molar-refractivity contribution is 0.302. The van der Waals surface area contributed by atoms with E-state index in [4.69, 9.17) is 11.6 Å². The molecule has 114 valence electrons. The van der Waals surface area contributed by atoms with Crippen LogP contribution in [0.2, 0.25) is 5.02 Å². The zero-order chi connectivity index (χ0) is 15.2. The molecule has 0 saturated carbocycles. The largest absolute Gasteiger partial charge is 0.317 e. The second-order valence-electron chi connectivity index (χ2n) is 6.02. The van der Waals surface area contributed by atoms with Gasteiger partial charge in [-0.3, -0.25) is 0 Å². The summed E-state index contributed by atoms with van der Waals surface area (Å²) in [6.45, 7) is 8.53. The van der Waals surface area contributed by atoms with E-state index in [2.05, 4.69) is 26.1 Å². The molecular weight excluding hydrogens is 280 g/mol. The van der Waals surface area contributed by atoms with Gasteiger partial charge in [0.15, 0.2) is 11.6 Å². The Hall–Kier alpha value is -0.670. The normalized spacial score (nSPS) is 11.9. The molecule has 0 unspecified atom stereocenters. The van der Waals surface area contributed by atoms with E-state index < -0.39 is 11.6 Å². The van der Waals surface area contributed by atoms with Crippen LogP contribution in [-0.2, 0) is 6.42 Å². The molecular formula is C16H24ClF2N. The van der Waals surface area contributed by atoms with Gasteiger partial charge in [-0.1, -0.05) is 32.4 Å². The van der Waals surface area contributed by atoms with Gasteiger partial charge in [-0.05, 0) is 61.9 Å². The van der Waals surface area contributed by atoms with E-state index in [0.29, 0.717) is 17.0 Å². The minimum absolute atomic E-state index is 0.148. The van der Waals surface area contributed by atoms with Gasteiger partial charge in [0.25, 0.3) is 0 Å². The van der Waals surface area contributed by atoms with Crippen molar-refractivity contribution < 1.29 is 8.78 Å². The van der Waals surface area contributed by atoms with Gasteiger partial charge in [0, 0.05) is 5.02 Å². The van der Waals surface area contributed by atoms with Crippen molar-refractivity contribution in [3.8, 4) is 0 Å². The molecule has 0 heterocycles. The SMILES string of the molecule is CCCNCCC(C)(C)CCc1cc(F)c(F)cc1Cl. The molecule has 0 amide bonds. The van der Waals surface area contributed by atoms with Crippen molar-refractivity contribution in [3.63, 3.8) is 0 Å². The highest BCUT2D eigenvalue weighted by molar-refractivity contribution is 6.31.